The zero-order valence-electron chi connectivity index (χ0n) is 10.0. The van der Waals surface area contributed by atoms with E-state index in [1.807, 2.05) is 6.07 Å². The topological polar surface area (TPSA) is 35.2 Å². The summed E-state index contributed by atoms with van der Waals surface area (Å²) in [5.41, 5.74) is 7.35. The van der Waals surface area contributed by atoms with E-state index in [0.717, 1.165) is 31.7 Å². The Morgan fingerprint density at radius 2 is 2.19 bits per heavy atom. The Morgan fingerprint density at radius 3 is 2.81 bits per heavy atom. The van der Waals surface area contributed by atoms with E-state index in [9.17, 15) is 0 Å². The van der Waals surface area contributed by atoms with Gasteiger partial charge >= 0.3 is 0 Å². The van der Waals surface area contributed by atoms with Gasteiger partial charge < -0.3 is 10.5 Å². The minimum atomic E-state index is 0.400. The highest BCUT2D eigenvalue weighted by Crippen LogP contribution is 2.48. The number of benzene rings is 1. The summed E-state index contributed by atoms with van der Waals surface area (Å²) in [5.74, 6) is 1.00. The van der Waals surface area contributed by atoms with Gasteiger partial charge in [-0.05, 0) is 49.9 Å². The van der Waals surface area contributed by atoms with Gasteiger partial charge in [-0.3, -0.25) is 0 Å². The lowest BCUT2D eigenvalue weighted by Gasteiger charge is -2.15. The Hall–Kier alpha value is -1.02. The molecule has 0 amide bonds. The maximum atomic E-state index is 5.87. The van der Waals surface area contributed by atoms with Crippen molar-refractivity contribution >= 4 is 0 Å². The molecule has 2 N–H and O–H groups in total. The van der Waals surface area contributed by atoms with Gasteiger partial charge in [0.2, 0.25) is 0 Å². The Morgan fingerprint density at radius 1 is 1.38 bits per heavy atom. The van der Waals surface area contributed by atoms with Gasteiger partial charge in [0.05, 0.1) is 6.61 Å². The molecule has 88 valence electrons. The first-order valence-electron chi connectivity index (χ1n) is 6.20. The summed E-state index contributed by atoms with van der Waals surface area (Å²) in [5, 5.41) is 0. The van der Waals surface area contributed by atoms with Crippen molar-refractivity contribution in [2.75, 3.05) is 13.2 Å². The fraction of sp³-hybridized carbons (Fsp3) is 0.571. The molecule has 1 fully saturated rings. The Balaban J connectivity index is 1.89. The quantitative estimate of drug-likeness (QED) is 0.798. The molecule has 0 aromatic heterocycles. The van der Waals surface area contributed by atoms with E-state index in [2.05, 4.69) is 25.1 Å². The summed E-state index contributed by atoms with van der Waals surface area (Å²) < 4.78 is 5.87. The second-order valence-corrected chi connectivity index (χ2v) is 4.83. The van der Waals surface area contributed by atoms with Crippen molar-refractivity contribution < 1.29 is 4.74 Å². The van der Waals surface area contributed by atoms with Crippen LogP contribution in [-0.4, -0.2) is 13.2 Å². The number of ether oxygens (including phenoxy) is 1. The van der Waals surface area contributed by atoms with Crippen LogP contribution in [0.15, 0.2) is 24.3 Å². The fourth-order valence-electron chi connectivity index (χ4n) is 2.04. The second-order valence-electron chi connectivity index (χ2n) is 4.83. The average molecular weight is 219 g/mol. The van der Waals surface area contributed by atoms with Crippen LogP contribution in [0.2, 0.25) is 0 Å². The van der Waals surface area contributed by atoms with Gasteiger partial charge in [-0.15, -0.1) is 0 Å². The largest absolute Gasteiger partial charge is 0.493 e. The number of nitrogens with two attached hydrogens (primary N) is 1. The predicted molar refractivity (Wildman–Crippen MR) is 66.7 cm³/mol. The van der Waals surface area contributed by atoms with Crippen LogP contribution in [0.25, 0.3) is 0 Å². The fourth-order valence-corrected chi connectivity index (χ4v) is 2.04. The molecule has 0 saturated heterocycles. The van der Waals surface area contributed by atoms with Crippen molar-refractivity contribution in [2.24, 2.45) is 11.1 Å². The van der Waals surface area contributed by atoms with E-state index in [4.69, 9.17) is 10.5 Å². The summed E-state index contributed by atoms with van der Waals surface area (Å²) in [6.07, 6.45) is 4.71. The number of hydrogen-bond donors (Lipinski definition) is 1. The van der Waals surface area contributed by atoms with E-state index < -0.39 is 0 Å². The molecule has 1 saturated carbocycles. The van der Waals surface area contributed by atoms with Crippen molar-refractivity contribution in [1.82, 2.24) is 0 Å². The molecule has 0 aliphatic heterocycles. The van der Waals surface area contributed by atoms with Gasteiger partial charge in [0, 0.05) is 5.41 Å². The van der Waals surface area contributed by atoms with Crippen LogP contribution < -0.4 is 10.5 Å². The third-order valence-corrected chi connectivity index (χ3v) is 3.48. The van der Waals surface area contributed by atoms with Crippen LogP contribution in [0.5, 0.6) is 5.75 Å². The van der Waals surface area contributed by atoms with Gasteiger partial charge in [0.15, 0.2) is 0 Å². The zero-order chi connectivity index (χ0) is 11.4. The van der Waals surface area contributed by atoms with E-state index in [1.54, 1.807) is 0 Å². The van der Waals surface area contributed by atoms with E-state index >= 15 is 0 Å². The Labute approximate surface area is 97.8 Å². The Kier molecular flexibility index (Phi) is 3.49. The van der Waals surface area contributed by atoms with Crippen LogP contribution in [-0.2, 0) is 6.42 Å². The molecule has 1 aromatic carbocycles. The van der Waals surface area contributed by atoms with Crippen molar-refractivity contribution in [2.45, 2.75) is 32.6 Å². The first-order chi connectivity index (χ1) is 7.78. The molecule has 0 atom stereocenters. The molecule has 2 rings (SSSR count). The summed E-state index contributed by atoms with van der Waals surface area (Å²) in [6, 6.07) is 8.38. The molecule has 0 spiro atoms. The molecular formula is C14H21NO. The Bertz CT molecular complexity index is 344. The molecular weight excluding hydrogens is 198 g/mol. The predicted octanol–water partition coefficient (Wildman–Crippen LogP) is 2.76. The highest BCUT2D eigenvalue weighted by atomic mass is 16.5. The highest BCUT2D eigenvalue weighted by molar-refractivity contribution is 5.28. The lowest BCUT2D eigenvalue weighted by atomic mass is 10.0. The SMILES string of the molecule is CCc1cccc(OCC2(CCN)CC2)c1. The monoisotopic (exact) mass is 219 g/mol. The maximum absolute atomic E-state index is 5.87. The molecule has 0 unspecified atom stereocenters. The lowest BCUT2D eigenvalue weighted by molar-refractivity contribution is 0.227. The first kappa shape index (κ1) is 11.5. The third kappa shape index (κ3) is 2.76. The summed E-state index contributed by atoms with van der Waals surface area (Å²) >= 11 is 0. The second kappa shape index (κ2) is 4.88. The van der Waals surface area contributed by atoms with Crippen LogP contribution >= 0.6 is 0 Å². The van der Waals surface area contributed by atoms with Crippen LogP contribution in [0.1, 0.15) is 31.7 Å². The molecule has 16 heavy (non-hydrogen) atoms. The molecule has 1 aliphatic carbocycles. The average Bonchev–Trinajstić information content (AvgIpc) is 3.08. The van der Waals surface area contributed by atoms with E-state index in [1.165, 1.54) is 18.4 Å². The highest BCUT2D eigenvalue weighted by Gasteiger charge is 2.42. The molecule has 1 aromatic rings. The van der Waals surface area contributed by atoms with Gasteiger partial charge in [-0.1, -0.05) is 19.1 Å². The first-order valence-corrected chi connectivity index (χ1v) is 6.20. The number of rotatable bonds is 6. The van der Waals surface area contributed by atoms with Crippen molar-refractivity contribution in [3.05, 3.63) is 29.8 Å². The standard InChI is InChI=1S/C14H21NO/c1-2-12-4-3-5-13(10-12)16-11-14(6-7-14)8-9-15/h3-5,10H,2,6-9,11,15H2,1H3. The molecule has 2 nitrogen and oxygen atoms in total. The number of hydrogen-bond acceptors (Lipinski definition) is 2. The summed E-state index contributed by atoms with van der Waals surface area (Å²) in [4.78, 5) is 0. The third-order valence-electron chi connectivity index (χ3n) is 3.48. The van der Waals surface area contributed by atoms with Crippen LogP contribution in [0, 0.1) is 5.41 Å². The van der Waals surface area contributed by atoms with Gasteiger partial charge in [0.25, 0.3) is 0 Å². The minimum Gasteiger partial charge on any atom is -0.493 e. The molecule has 2 heteroatoms. The van der Waals surface area contributed by atoms with Gasteiger partial charge in [-0.25, -0.2) is 0 Å². The number of aryl methyl sites for hydroxylation is 1. The summed E-state index contributed by atoms with van der Waals surface area (Å²) in [7, 11) is 0. The van der Waals surface area contributed by atoms with Crippen LogP contribution in [0.4, 0.5) is 0 Å². The van der Waals surface area contributed by atoms with Crippen molar-refractivity contribution in [3.8, 4) is 5.75 Å². The smallest absolute Gasteiger partial charge is 0.119 e. The lowest BCUT2D eigenvalue weighted by Crippen LogP contribution is -2.17. The molecule has 0 heterocycles. The molecule has 1 aliphatic rings. The molecule has 0 bridgehead atoms. The maximum Gasteiger partial charge on any atom is 0.119 e. The normalized spacial score (nSPS) is 17.1. The minimum absolute atomic E-state index is 0.400. The van der Waals surface area contributed by atoms with E-state index in [0.29, 0.717) is 5.41 Å². The van der Waals surface area contributed by atoms with Crippen LogP contribution in [0.3, 0.4) is 0 Å². The molecule has 0 radical (unpaired) electrons. The van der Waals surface area contributed by atoms with Gasteiger partial charge in [0.1, 0.15) is 5.75 Å². The van der Waals surface area contributed by atoms with Crippen molar-refractivity contribution in [3.63, 3.8) is 0 Å². The van der Waals surface area contributed by atoms with Crippen molar-refractivity contribution in [1.29, 1.82) is 0 Å². The summed E-state index contributed by atoms with van der Waals surface area (Å²) in [6.45, 7) is 3.77. The zero-order valence-corrected chi connectivity index (χ0v) is 10.0. The van der Waals surface area contributed by atoms with Gasteiger partial charge in [-0.2, -0.15) is 0 Å². The van der Waals surface area contributed by atoms with E-state index in [-0.39, 0.29) is 0 Å².